The quantitative estimate of drug-likeness (QED) is 0.721. The molecule has 0 aliphatic carbocycles. The van der Waals surface area contributed by atoms with Crippen LogP contribution in [0.4, 0.5) is 0 Å². The fourth-order valence-electron chi connectivity index (χ4n) is 1.42. The highest BCUT2D eigenvalue weighted by atomic mass is 28.5. The van der Waals surface area contributed by atoms with E-state index < -0.39 is 26.6 Å². The maximum absolute atomic E-state index is 5.99. The van der Waals surface area contributed by atoms with Gasteiger partial charge in [0.1, 0.15) is 0 Å². The van der Waals surface area contributed by atoms with E-state index in [2.05, 4.69) is 31.5 Å². The molecule has 1 aliphatic heterocycles. The predicted molar refractivity (Wildman–Crippen MR) is 59.0 cm³/mol. The van der Waals surface area contributed by atoms with Crippen LogP contribution in [0.3, 0.4) is 0 Å². The van der Waals surface area contributed by atoms with E-state index in [-0.39, 0.29) is 0 Å². The summed E-state index contributed by atoms with van der Waals surface area (Å²) in [4.78, 5) is 3.18. The lowest BCUT2D eigenvalue weighted by atomic mass is 11.0. The molecule has 0 radical (unpaired) electrons. The summed E-state index contributed by atoms with van der Waals surface area (Å²) >= 11 is 0. The van der Waals surface area contributed by atoms with Gasteiger partial charge in [0.25, 0.3) is 0 Å². The molecule has 1 N–H and O–H groups in total. The molecule has 7 heteroatoms. The van der Waals surface area contributed by atoms with Gasteiger partial charge in [-0.1, -0.05) is 6.92 Å². The van der Waals surface area contributed by atoms with Crippen molar-refractivity contribution >= 4 is 26.6 Å². The summed E-state index contributed by atoms with van der Waals surface area (Å²) in [7, 11) is -3.51. The van der Waals surface area contributed by atoms with Crippen molar-refractivity contribution in [1.82, 2.24) is 4.98 Å². The Morgan fingerprint density at radius 1 is 1.31 bits per heavy atom. The average molecular weight is 237 g/mol. The van der Waals surface area contributed by atoms with E-state index in [1.165, 1.54) is 0 Å². The molecule has 4 nitrogen and oxygen atoms in total. The van der Waals surface area contributed by atoms with Gasteiger partial charge in [-0.3, -0.25) is 4.98 Å². The van der Waals surface area contributed by atoms with Crippen LogP contribution in [-0.4, -0.2) is 33.6 Å². The van der Waals surface area contributed by atoms with Gasteiger partial charge >= 0.3 is 26.6 Å². The molecule has 13 heavy (non-hydrogen) atoms. The second-order valence-corrected chi connectivity index (χ2v) is 12.8. The lowest BCUT2D eigenvalue weighted by molar-refractivity contribution is 0.238. The third-order valence-corrected chi connectivity index (χ3v) is 14.2. The number of hydrogen-bond acceptors (Lipinski definition) is 4. The van der Waals surface area contributed by atoms with E-state index in [1.807, 2.05) is 7.05 Å². The van der Waals surface area contributed by atoms with E-state index in [9.17, 15) is 0 Å². The molecule has 0 bridgehead atoms. The van der Waals surface area contributed by atoms with Crippen molar-refractivity contribution in [2.24, 2.45) is 0 Å². The molecule has 1 rings (SSSR count). The van der Waals surface area contributed by atoms with Gasteiger partial charge in [-0.25, -0.2) is 0 Å². The van der Waals surface area contributed by atoms with E-state index in [0.29, 0.717) is 0 Å². The molecule has 1 saturated heterocycles. The average Bonchev–Trinajstić information content (AvgIpc) is 2.02. The number of nitrogens with one attached hydrogen (secondary N) is 1. The van der Waals surface area contributed by atoms with Crippen LogP contribution in [0.5, 0.6) is 0 Å². The summed E-state index contributed by atoms with van der Waals surface area (Å²) in [5.41, 5.74) is 0. The van der Waals surface area contributed by atoms with Crippen molar-refractivity contribution in [3.63, 3.8) is 0 Å². The third kappa shape index (κ3) is 2.72. The molecule has 1 aliphatic rings. The second kappa shape index (κ2) is 3.93. The van der Waals surface area contributed by atoms with Crippen LogP contribution in [0, 0.1) is 0 Å². The van der Waals surface area contributed by atoms with Gasteiger partial charge in [0.05, 0.1) is 0 Å². The third-order valence-electron chi connectivity index (χ3n) is 2.31. The van der Waals surface area contributed by atoms with Gasteiger partial charge in [0.15, 0.2) is 0 Å². The Labute approximate surface area is 84.0 Å². The number of hydrogen-bond donors (Lipinski definition) is 1. The Hall–Kier alpha value is 0.491. The van der Waals surface area contributed by atoms with Crippen LogP contribution < -0.4 is 4.98 Å². The van der Waals surface area contributed by atoms with Gasteiger partial charge in [-0.15, -0.1) is 0 Å². The zero-order valence-corrected chi connectivity index (χ0v) is 12.2. The summed E-state index contributed by atoms with van der Waals surface area (Å²) in [6.07, 6.45) is 0. The molecule has 78 valence electrons. The van der Waals surface area contributed by atoms with Gasteiger partial charge in [-0.05, 0) is 32.7 Å². The summed E-state index contributed by atoms with van der Waals surface area (Å²) in [6.45, 7) is 8.39. The van der Waals surface area contributed by atoms with Crippen LogP contribution in [-0.2, 0) is 12.3 Å². The first-order chi connectivity index (χ1) is 5.93. The Morgan fingerprint density at radius 2 is 1.92 bits per heavy atom. The Balaban J connectivity index is 2.73. The molecular formula is C6H19NO3Si3. The molecule has 0 spiro atoms. The van der Waals surface area contributed by atoms with Crippen molar-refractivity contribution in [2.45, 2.75) is 32.6 Å². The highest BCUT2D eigenvalue weighted by Gasteiger charge is 2.48. The lowest BCUT2D eigenvalue weighted by Crippen LogP contribution is -2.67. The maximum atomic E-state index is 5.99. The van der Waals surface area contributed by atoms with Gasteiger partial charge in [-0.2, -0.15) is 0 Å². The predicted octanol–water partition coefficient (Wildman–Crippen LogP) is 0.780. The van der Waals surface area contributed by atoms with E-state index >= 15 is 0 Å². The van der Waals surface area contributed by atoms with Crippen molar-refractivity contribution in [3.05, 3.63) is 0 Å². The second-order valence-electron chi connectivity index (χ2n) is 3.59. The van der Waals surface area contributed by atoms with E-state index in [1.54, 1.807) is 0 Å². The summed E-state index contributed by atoms with van der Waals surface area (Å²) in [5, 5.41) is 0. The van der Waals surface area contributed by atoms with Crippen LogP contribution in [0.25, 0.3) is 0 Å². The van der Waals surface area contributed by atoms with Crippen LogP contribution in [0.2, 0.25) is 25.7 Å². The molecule has 0 aromatic rings. The fourth-order valence-corrected chi connectivity index (χ4v) is 14.1. The maximum Gasteiger partial charge on any atom is 0.403 e. The zero-order valence-electron chi connectivity index (χ0n) is 9.01. The molecular weight excluding hydrogens is 218 g/mol. The van der Waals surface area contributed by atoms with Crippen LogP contribution in [0.15, 0.2) is 0 Å². The highest BCUT2D eigenvalue weighted by molar-refractivity contribution is 6.87. The summed E-state index contributed by atoms with van der Waals surface area (Å²) in [5.74, 6) is 0. The molecule has 1 fully saturated rings. The lowest BCUT2D eigenvalue weighted by Gasteiger charge is -2.43. The Bertz CT molecular complexity index is 178. The minimum Gasteiger partial charge on any atom is -0.418 e. The molecule has 0 aromatic carbocycles. The van der Waals surface area contributed by atoms with Gasteiger partial charge in [0.2, 0.25) is 0 Å². The monoisotopic (exact) mass is 237 g/mol. The zero-order chi connectivity index (χ0) is 10.1. The minimum absolute atomic E-state index is 0.998. The molecule has 0 saturated carbocycles. The van der Waals surface area contributed by atoms with Crippen LogP contribution >= 0.6 is 0 Å². The standard InChI is InChI=1S/C6H19NO3Si3/c1-6-12(4)8-11(3)9-13(5,7-2)10-12/h7,11H,6H2,1-5H3. The summed E-state index contributed by atoms with van der Waals surface area (Å²) < 4.78 is 17.6. The van der Waals surface area contributed by atoms with Crippen molar-refractivity contribution in [2.75, 3.05) is 7.05 Å². The van der Waals surface area contributed by atoms with Crippen molar-refractivity contribution in [3.8, 4) is 0 Å². The first-order valence-corrected chi connectivity index (χ1v) is 11.6. The highest BCUT2D eigenvalue weighted by Crippen LogP contribution is 2.25. The van der Waals surface area contributed by atoms with Crippen molar-refractivity contribution in [1.29, 1.82) is 0 Å². The largest absolute Gasteiger partial charge is 0.418 e. The van der Waals surface area contributed by atoms with E-state index in [4.69, 9.17) is 12.3 Å². The topological polar surface area (TPSA) is 39.7 Å². The molecule has 0 amide bonds. The first kappa shape index (κ1) is 11.6. The van der Waals surface area contributed by atoms with E-state index in [0.717, 1.165) is 6.04 Å². The smallest absolute Gasteiger partial charge is 0.403 e. The first-order valence-electron chi connectivity index (χ1n) is 4.68. The van der Waals surface area contributed by atoms with Gasteiger partial charge < -0.3 is 12.3 Å². The SMILES string of the molecule is CC[Si]1(C)O[SiH](C)O[Si](C)(NC)O1. The molecule has 1 heterocycles. The van der Waals surface area contributed by atoms with Crippen molar-refractivity contribution < 1.29 is 12.3 Å². The molecule has 3 unspecified atom stereocenters. The molecule has 3 atom stereocenters. The summed E-state index contributed by atoms with van der Waals surface area (Å²) in [6, 6.07) is 0.998. The molecule has 0 aromatic heterocycles. The Morgan fingerprint density at radius 3 is 2.38 bits per heavy atom. The number of rotatable bonds is 2. The fraction of sp³-hybridized carbons (Fsp3) is 1.00. The van der Waals surface area contributed by atoms with Gasteiger partial charge in [0, 0.05) is 0 Å². The normalized spacial score (nSPS) is 46.4. The minimum atomic E-state index is -2.08. The Kier molecular flexibility index (Phi) is 3.49. The van der Waals surface area contributed by atoms with Crippen LogP contribution in [0.1, 0.15) is 6.92 Å².